The molecule has 10 aliphatic rings. The Hall–Kier alpha value is -1.42. The Balaban J connectivity index is 0.794. The number of hydrogen-bond donors (Lipinski definition) is 19. The zero-order valence-electron chi connectivity index (χ0n) is 51.5. The Morgan fingerprint density at radius 3 is 1.49 bits per heavy atom. The first kappa shape index (κ1) is 70.4. The molecule has 5 aliphatic carbocycles. The summed E-state index contributed by atoms with van der Waals surface area (Å²) in [6.07, 6.45) is -36.8. The molecule has 89 heavy (non-hydrogen) atoms. The van der Waals surface area contributed by atoms with E-state index in [-0.39, 0.29) is 36.9 Å². The Morgan fingerprint density at radius 2 is 0.966 bits per heavy atom. The molecule has 19 N–H and O–H groups in total. The van der Waals surface area contributed by atoms with E-state index in [0.29, 0.717) is 25.7 Å². The minimum Gasteiger partial charge on any atom is -0.394 e. The van der Waals surface area contributed by atoms with Gasteiger partial charge in [0.25, 0.3) is 0 Å². The van der Waals surface area contributed by atoms with Crippen LogP contribution in [0.15, 0.2) is 11.6 Å². The molecule has 0 aromatic rings. The van der Waals surface area contributed by atoms with Gasteiger partial charge >= 0.3 is 0 Å². The molecule has 0 radical (unpaired) electrons. The smallest absolute Gasteiger partial charge is 0.187 e. The molecule has 0 amide bonds. The average Bonchev–Trinajstić information content (AvgIpc) is 0.674. The first-order chi connectivity index (χ1) is 41.7. The molecule has 5 aliphatic heterocycles. The minimum absolute atomic E-state index is 0.0543. The molecule has 29 nitrogen and oxygen atoms in total. The van der Waals surface area contributed by atoms with Crippen LogP contribution in [0.5, 0.6) is 0 Å². The van der Waals surface area contributed by atoms with Crippen molar-refractivity contribution >= 4 is 0 Å². The molecule has 0 unspecified atom stereocenters. The SMILES string of the molecule is CC1(C)C[C@H]2C3=CC[C@@H]4[C@@]5(C)CC[C@H](O[C@@H]6O[C@H](CO[C@@H]7O[C@H](CO)[C@@H](O)[C@H](O)[C@H]7O)[C@@H](O)[C@H](O)[C@H]6O)C(C)(C)[C@@H]5CC[C@@]4(C)[C@]3(C)C[C@@H](O)[C@@]2(COC[C@H]2OC[C@H](O[C@@H]3O[C@@H](CO[C@@H]4O[C@H](CO)[C@@H](O)[C@H](O)[C@H]4O)[C@H](O)[C@@H](O)[C@H]3O)[C@@H](O)[C@@H]2O)[C@@H](O)[C@@H]1O. The quantitative estimate of drug-likeness (QED) is 0.0505. The van der Waals surface area contributed by atoms with Crippen molar-refractivity contribution in [1.82, 2.24) is 0 Å². The predicted molar refractivity (Wildman–Crippen MR) is 298 cm³/mol. The van der Waals surface area contributed by atoms with E-state index in [1.54, 1.807) is 0 Å². The molecule has 0 aromatic carbocycles. The van der Waals surface area contributed by atoms with Crippen LogP contribution < -0.4 is 0 Å². The van der Waals surface area contributed by atoms with Crippen LogP contribution in [0.25, 0.3) is 0 Å². The van der Waals surface area contributed by atoms with E-state index < -0.39 is 238 Å². The van der Waals surface area contributed by atoms with Gasteiger partial charge in [-0.25, -0.2) is 0 Å². The van der Waals surface area contributed by atoms with Crippen molar-refractivity contribution in [3.05, 3.63) is 11.6 Å². The number of aliphatic hydroxyl groups excluding tert-OH is 19. The highest BCUT2D eigenvalue weighted by Gasteiger charge is 2.73. The van der Waals surface area contributed by atoms with Gasteiger partial charge in [-0.2, -0.15) is 0 Å². The topological polar surface area (TPSA) is 477 Å². The van der Waals surface area contributed by atoms with Gasteiger partial charge in [0.15, 0.2) is 25.2 Å². The fourth-order valence-electron chi connectivity index (χ4n) is 18.0. The molecule has 0 spiro atoms. The van der Waals surface area contributed by atoms with E-state index >= 15 is 0 Å². The Morgan fingerprint density at radius 1 is 0.483 bits per heavy atom. The van der Waals surface area contributed by atoms with Crippen LogP contribution >= 0.6 is 0 Å². The van der Waals surface area contributed by atoms with Crippen molar-refractivity contribution in [2.24, 2.45) is 50.2 Å². The highest BCUT2D eigenvalue weighted by Crippen LogP contribution is 2.76. The molecule has 29 heteroatoms. The van der Waals surface area contributed by atoms with Gasteiger partial charge < -0.3 is 144 Å². The summed E-state index contributed by atoms with van der Waals surface area (Å²) in [6, 6.07) is 0. The first-order valence-corrected chi connectivity index (χ1v) is 31.5. The normalized spacial score (nSPS) is 54.9. The summed E-state index contributed by atoms with van der Waals surface area (Å²) in [5.74, 6) is -0.366. The van der Waals surface area contributed by atoms with Crippen molar-refractivity contribution < 1.29 is 144 Å². The molecular weight excluding hydrogens is 1180 g/mol. The Bertz CT molecular complexity index is 2420. The molecule has 514 valence electrons. The zero-order chi connectivity index (χ0) is 65.2. The van der Waals surface area contributed by atoms with E-state index in [9.17, 15) is 97.0 Å². The van der Waals surface area contributed by atoms with E-state index in [0.717, 1.165) is 18.4 Å². The van der Waals surface area contributed by atoms with Crippen LogP contribution in [0.4, 0.5) is 0 Å². The first-order valence-electron chi connectivity index (χ1n) is 31.5. The van der Waals surface area contributed by atoms with Gasteiger partial charge in [0.05, 0.1) is 76.1 Å². The van der Waals surface area contributed by atoms with Crippen molar-refractivity contribution in [2.45, 2.75) is 265 Å². The van der Waals surface area contributed by atoms with Gasteiger partial charge in [0, 0.05) is 0 Å². The second-order valence-corrected chi connectivity index (χ2v) is 29.4. The summed E-state index contributed by atoms with van der Waals surface area (Å²) in [4.78, 5) is 0. The van der Waals surface area contributed by atoms with Crippen LogP contribution in [-0.4, -0.2) is 315 Å². The molecule has 35 atom stereocenters. The van der Waals surface area contributed by atoms with Crippen molar-refractivity contribution in [3.8, 4) is 0 Å². The fourth-order valence-corrected chi connectivity index (χ4v) is 18.0. The fraction of sp³-hybridized carbons (Fsp3) is 0.967. The highest BCUT2D eigenvalue weighted by molar-refractivity contribution is 5.36. The maximum absolute atomic E-state index is 12.9. The highest BCUT2D eigenvalue weighted by atomic mass is 16.8. The van der Waals surface area contributed by atoms with Gasteiger partial charge in [0.1, 0.15) is 122 Å². The van der Waals surface area contributed by atoms with Crippen molar-refractivity contribution in [2.75, 3.05) is 46.2 Å². The molecule has 9 fully saturated rings. The molecule has 0 aromatic heterocycles. The lowest BCUT2D eigenvalue weighted by molar-refractivity contribution is -0.346. The molecule has 4 saturated carbocycles. The molecule has 5 saturated heterocycles. The van der Waals surface area contributed by atoms with Gasteiger partial charge in [0.2, 0.25) is 0 Å². The van der Waals surface area contributed by atoms with Gasteiger partial charge in [-0.3, -0.25) is 0 Å². The maximum atomic E-state index is 12.9. The number of ether oxygens (including phenoxy) is 10. The van der Waals surface area contributed by atoms with Crippen LogP contribution in [-0.2, 0) is 47.4 Å². The van der Waals surface area contributed by atoms with E-state index in [4.69, 9.17) is 47.4 Å². The maximum Gasteiger partial charge on any atom is 0.187 e. The van der Waals surface area contributed by atoms with Gasteiger partial charge in [-0.1, -0.05) is 60.1 Å². The van der Waals surface area contributed by atoms with Crippen LogP contribution in [0.1, 0.15) is 93.4 Å². The molecule has 0 bridgehead atoms. The summed E-state index contributed by atoms with van der Waals surface area (Å²) in [6.45, 7) is 11.2. The summed E-state index contributed by atoms with van der Waals surface area (Å²) in [5, 5.41) is 207. The molecule has 5 heterocycles. The van der Waals surface area contributed by atoms with Crippen molar-refractivity contribution in [3.63, 3.8) is 0 Å². The Labute approximate surface area is 516 Å². The third-order valence-corrected chi connectivity index (χ3v) is 23.8. The number of hydrogen-bond acceptors (Lipinski definition) is 29. The van der Waals surface area contributed by atoms with Crippen molar-refractivity contribution in [1.29, 1.82) is 0 Å². The largest absolute Gasteiger partial charge is 0.394 e. The Kier molecular flexibility index (Phi) is 20.7. The summed E-state index contributed by atoms with van der Waals surface area (Å²) in [5.41, 5.74) is -3.09. The third-order valence-electron chi connectivity index (χ3n) is 23.8. The van der Waals surface area contributed by atoms with Crippen LogP contribution in [0.3, 0.4) is 0 Å². The minimum atomic E-state index is -1.89. The summed E-state index contributed by atoms with van der Waals surface area (Å²) < 4.78 is 58.6. The van der Waals surface area contributed by atoms with E-state index in [2.05, 4.69) is 40.7 Å². The molecule has 10 rings (SSSR count). The lowest BCUT2D eigenvalue weighted by atomic mass is 9.33. The van der Waals surface area contributed by atoms with Crippen LogP contribution in [0, 0.1) is 50.2 Å². The van der Waals surface area contributed by atoms with Gasteiger partial charge in [-0.15, -0.1) is 0 Å². The summed E-state index contributed by atoms with van der Waals surface area (Å²) >= 11 is 0. The average molecular weight is 1290 g/mol. The summed E-state index contributed by atoms with van der Waals surface area (Å²) in [7, 11) is 0. The second-order valence-electron chi connectivity index (χ2n) is 29.4. The number of aliphatic hydroxyl groups is 19. The zero-order valence-corrected chi connectivity index (χ0v) is 51.5. The monoisotopic (exact) mass is 1280 g/mol. The predicted octanol–water partition coefficient (Wildman–Crippen LogP) is -6.14. The second kappa shape index (κ2) is 26.2. The number of allylic oxidation sites excluding steroid dienone is 2. The van der Waals surface area contributed by atoms with Crippen LogP contribution in [0.2, 0.25) is 0 Å². The third kappa shape index (κ3) is 11.9. The lowest BCUT2D eigenvalue weighted by Crippen LogP contribution is -2.72. The lowest BCUT2D eigenvalue weighted by Gasteiger charge is -2.72. The standard InChI is InChI=1S/C60H100O29/c1-55(2)14-24-23-8-9-32-57(5)12-11-34(89-54-48(77)44(73)40(69)30(88-54)21-83-52-46(75)42(71)36(65)26(17-62)85-52)56(3,4)31(57)10-13-58(32,6)59(23,7)15-33(63)60(24,50(79)49(55)78)22-80-18-27-37(66)38(67)28(19-81-27)86-53-47(76)43(72)39(68)29(87-53)20-82-51-45(74)41(70)35(64)25(16-61)84-51/h8,24-54,61-79H,9-22H2,1-7H3/t24-,25+,26+,27+,28-,29-,30+,31-,32+,33+,34-,35+,36+,37+,38+,39-,40+,41-,42-,43+,44-,45+,46+,47+,48+,49-,50-,51+,52+,53+,54-,57-,58+,59+,60-/m0/s1. The number of fused-ring (bicyclic) bond motifs is 7. The van der Waals surface area contributed by atoms with Gasteiger partial charge in [-0.05, 0) is 89.8 Å². The van der Waals surface area contributed by atoms with E-state index in [1.165, 1.54) is 0 Å². The van der Waals surface area contributed by atoms with E-state index in [1.807, 2.05) is 13.8 Å². The number of rotatable bonds is 16. The molecular formula is C60H100O29.